The summed E-state index contributed by atoms with van der Waals surface area (Å²) in [5.74, 6) is -0.136. The Morgan fingerprint density at radius 1 is 1.56 bits per heavy atom. The number of amides is 1. The van der Waals surface area contributed by atoms with Gasteiger partial charge in [-0.3, -0.25) is 4.79 Å². The van der Waals surface area contributed by atoms with Gasteiger partial charge in [-0.25, -0.2) is 0 Å². The largest absolute Gasteiger partial charge is 0.399 e. The zero-order valence-corrected chi connectivity index (χ0v) is 10.6. The molecule has 4 heteroatoms. The van der Waals surface area contributed by atoms with E-state index in [0.29, 0.717) is 18.7 Å². The average molecular weight is 248 g/mol. The van der Waals surface area contributed by atoms with Crippen molar-refractivity contribution in [2.75, 3.05) is 12.3 Å². The molecule has 1 rings (SSSR count). The molecule has 0 aliphatic rings. The lowest BCUT2D eigenvalue weighted by atomic mass is 10.2. The van der Waals surface area contributed by atoms with Crippen molar-refractivity contribution in [3.05, 3.63) is 35.9 Å². The number of anilines is 1. The van der Waals surface area contributed by atoms with E-state index in [1.807, 2.05) is 12.1 Å². The number of hydrogen-bond donors (Lipinski definition) is 3. The SMILES string of the molecule is CC(O)CCCNC(=O)/C=C/c1cccc(N)c1. The predicted molar refractivity (Wildman–Crippen MR) is 73.8 cm³/mol. The van der Waals surface area contributed by atoms with Crippen LogP contribution in [0.5, 0.6) is 0 Å². The molecule has 1 aromatic rings. The molecule has 1 aromatic carbocycles. The van der Waals surface area contributed by atoms with E-state index in [1.54, 1.807) is 25.1 Å². The van der Waals surface area contributed by atoms with Crippen LogP contribution >= 0.6 is 0 Å². The molecule has 0 saturated carbocycles. The van der Waals surface area contributed by atoms with Crippen molar-refractivity contribution in [2.45, 2.75) is 25.9 Å². The van der Waals surface area contributed by atoms with E-state index < -0.39 is 0 Å². The highest BCUT2D eigenvalue weighted by atomic mass is 16.3. The molecule has 0 fully saturated rings. The maximum absolute atomic E-state index is 11.5. The Hall–Kier alpha value is -1.81. The average Bonchev–Trinajstić information content (AvgIpc) is 2.32. The van der Waals surface area contributed by atoms with Crippen LogP contribution in [0.25, 0.3) is 6.08 Å². The first kappa shape index (κ1) is 14.3. The zero-order chi connectivity index (χ0) is 13.4. The van der Waals surface area contributed by atoms with E-state index in [4.69, 9.17) is 10.8 Å². The lowest BCUT2D eigenvalue weighted by Gasteiger charge is -2.04. The number of carbonyl (C=O) groups is 1. The van der Waals surface area contributed by atoms with Crippen LogP contribution in [0.15, 0.2) is 30.3 Å². The number of hydrogen-bond acceptors (Lipinski definition) is 3. The van der Waals surface area contributed by atoms with Crippen LogP contribution < -0.4 is 11.1 Å². The van der Waals surface area contributed by atoms with Gasteiger partial charge in [0.25, 0.3) is 0 Å². The fourth-order valence-electron chi connectivity index (χ4n) is 1.50. The maximum atomic E-state index is 11.5. The fourth-order valence-corrected chi connectivity index (χ4v) is 1.50. The third-order valence-electron chi connectivity index (χ3n) is 2.44. The Morgan fingerprint density at radius 2 is 2.33 bits per heavy atom. The van der Waals surface area contributed by atoms with Gasteiger partial charge in [-0.15, -0.1) is 0 Å². The van der Waals surface area contributed by atoms with Crippen molar-refractivity contribution in [2.24, 2.45) is 0 Å². The van der Waals surface area contributed by atoms with Crippen molar-refractivity contribution in [3.8, 4) is 0 Å². The minimum absolute atomic E-state index is 0.136. The van der Waals surface area contributed by atoms with Gasteiger partial charge in [0.15, 0.2) is 0 Å². The third kappa shape index (κ3) is 6.06. The first-order valence-corrected chi connectivity index (χ1v) is 6.07. The van der Waals surface area contributed by atoms with Gasteiger partial charge in [0.2, 0.25) is 5.91 Å². The minimum Gasteiger partial charge on any atom is -0.399 e. The number of nitrogen functional groups attached to an aromatic ring is 1. The summed E-state index contributed by atoms with van der Waals surface area (Å²) >= 11 is 0. The van der Waals surface area contributed by atoms with Gasteiger partial charge in [0, 0.05) is 18.3 Å². The van der Waals surface area contributed by atoms with E-state index in [9.17, 15) is 4.79 Å². The standard InChI is InChI=1S/C14H20N2O2/c1-11(17)4-3-9-16-14(18)8-7-12-5-2-6-13(15)10-12/h2,5-8,10-11,17H,3-4,9,15H2,1H3,(H,16,18)/b8-7+. The van der Waals surface area contributed by atoms with Crippen LogP contribution in [-0.2, 0) is 4.79 Å². The molecule has 0 aliphatic carbocycles. The number of carbonyl (C=O) groups excluding carboxylic acids is 1. The molecule has 0 spiro atoms. The number of aliphatic hydroxyl groups excluding tert-OH is 1. The molecule has 4 N–H and O–H groups in total. The smallest absolute Gasteiger partial charge is 0.243 e. The molecule has 98 valence electrons. The summed E-state index contributed by atoms with van der Waals surface area (Å²) in [6.45, 7) is 2.31. The highest BCUT2D eigenvalue weighted by Crippen LogP contribution is 2.07. The third-order valence-corrected chi connectivity index (χ3v) is 2.44. The number of nitrogens with one attached hydrogen (secondary N) is 1. The molecule has 18 heavy (non-hydrogen) atoms. The quantitative estimate of drug-likeness (QED) is 0.406. The van der Waals surface area contributed by atoms with E-state index in [1.165, 1.54) is 6.08 Å². The summed E-state index contributed by atoms with van der Waals surface area (Å²) in [5.41, 5.74) is 7.21. The van der Waals surface area contributed by atoms with Gasteiger partial charge >= 0.3 is 0 Å². The van der Waals surface area contributed by atoms with E-state index in [-0.39, 0.29) is 12.0 Å². The van der Waals surface area contributed by atoms with Gasteiger partial charge in [-0.05, 0) is 43.5 Å². The second-order valence-corrected chi connectivity index (χ2v) is 4.29. The molecule has 4 nitrogen and oxygen atoms in total. The molecule has 0 aromatic heterocycles. The van der Waals surface area contributed by atoms with Gasteiger partial charge in [0.05, 0.1) is 6.10 Å². The topological polar surface area (TPSA) is 75.3 Å². The normalized spacial score (nSPS) is 12.6. The molecule has 1 amide bonds. The summed E-state index contributed by atoms with van der Waals surface area (Å²) in [6, 6.07) is 7.33. The van der Waals surface area contributed by atoms with E-state index >= 15 is 0 Å². The van der Waals surface area contributed by atoms with Crippen LogP contribution in [0.1, 0.15) is 25.3 Å². The Labute approximate surface area is 108 Å². The Morgan fingerprint density at radius 3 is 3.00 bits per heavy atom. The predicted octanol–water partition coefficient (Wildman–Crippen LogP) is 1.56. The van der Waals surface area contributed by atoms with Gasteiger partial charge in [-0.1, -0.05) is 12.1 Å². The van der Waals surface area contributed by atoms with E-state index in [0.717, 1.165) is 12.0 Å². The lowest BCUT2D eigenvalue weighted by molar-refractivity contribution is -0.116. The summed E-state index contributed by atoms with van der Waals surface area (Å²) in [7, 11) is 0. The van der Waals surface area contributed by atoms with Gasteiger partial charge in [0.1, 0.15) is 0 Å². The van der Waals surface area contributed by atoms with Crippen LogP contribution in [0.4, 0.5) is 5.69 Å². The molecule has 0 heterocycles. The Balaban J connectivity index is 2.31. The Bertz CT molecular complexity index is 414. The zero-order valence-electron chi connectivity index (χ0n) is 10.6. The van der Waals surface area contributed by atoms with Crippen molar-refractivity contribution in [3.63, 3.8) is 0 Å². The lowest BCUT2D eigenvalue weighted by Crippen LogP contribution is -2.22. The molecule has 1 unspecified atom stereocenters. The highest BCUT2D eigenvalue weighted by molar-refractivity contribution is 5.91. The van der Waals surface area contributed by atoms with Crippen LogP contribution in [0.3, 0.4) is 0 Å². The molecule has 0 radical (unpaired) electrons. The monoisotopic (exact) mass is 248 g/mol. The summed E-state index contributed by atoms with van der Waals surface area (Å²) in [5, 5.41) is 11.8. The molecule has 0 bridgehead atoms. The number of nitrogens with two attached hydrogens (primary N) is 1. The second kappa shape index (κ2) is 7.50. The van der Waals surface area contributed by atoms with Crippen molar-refractivity contribution >= 4 is 17.7 Å². The summed E-state index contributed by atoms with van der Waals surface area (Å²) in [6.07, 6.45) is 4.36. The molecule has 0 aliphatic heterocycles. The summed E-state index contributed by atoms with van der Waals surface area (Å²) < 4.78 is 0. The van der Waals surface area contributed by atoms with Crippen LogP contribution in [0.2, 0.25) is 0 Å². The van der Waals surface area contributed by atoms with E-state index in [2.05, 4.69) is 5.32 Å². The molecule has 1 atom stereocenters. The first-order chi connectivity index (χ1) is 8.58. The highest BCUT2D eigenvalue weighted by Gasteiger charge is 1.97. The van der Waals surface area contributed by atoms with Crippen molar-refractivity contribution in [1.29, 1.82) is 0 Å². The molecular weight excluding hydrogens is 228 g/mol. The number of rotatable bonds is 6. The fraction of sp³-hybridized carbons (Fsp3) is 0.357. The molecule has 0 saturated heterocycles. The van der Waals surface area contributed by atoms with Crippen LogP contribution in [0, 0.1) is 0 Å². The van der Waals surface area contributed by atoms with Crippen LogP contribution in [-0.4, -0.2) is 23.7 Å². The molecular formula is C14H20N2O2. The van der Waals surface area contributed by atoms with Crippen molar-refractivity contribution < 1.29 is 9.90 Å². The minimum atomic E-state index is -0.315. The number of benzene rings is 1. The second-order valence-electron chi connectivity index (χ2n) is 4.29. The Kier molecular flexibility index (Phi) is 5.94. The summed E-state index contributed by atoms with van der Waals surface area (Å²) in [4.78, 5) is 11.5. The van der Waals surface area contributed by atoms with Crippen molar-refractivity contribution in [1.82, 2.24) is 5.32 Å². The number of aliphatic hydroxyl groups is 1. The van der Waals surface area contributed by atoms with Gasteiger partial charge < -0.3 is 16.2 Å². The maximum Gasteiger partial charge on any atom is 0.243 e. The van der Waals surface area contributed by atoms with Gasteiger partial charge in [-0.2, -0.15) is 0 Å². The first-order valence-electron chi connectivity index (χ1n) is 6.07.